The van der Waals surface area contributed by atoms with Gasteiger partial charge >= 0.3 is 37.7 Å². The molecule has 0 radical (unpaired) electrons. The Kier molecular flexibility index (Phi) is 14.1. The number of carbonyl (C=O) groups is 3. The smallest absolute Gasteiger partial charge is 0.550 e. The van der Waals surface area contributed by atoms with Crippen molar-refractivity contribution in [2.24, 2.45) is 0 Å². The molecule has 0 atom stereocenters. The number of hydrogen-bond donors (Lipinski definition) is 0. The fourth-order valence-electron chi connectivity index (χ4n) is 0.491. The Bertz CT molecular complexity index is 191. The first-order chi connectivity index (χ1) is 5.02. The van der Waals surface area contributed by atoms with Gasteiger partial charge in [-0.1, -0.05) is 0 Å². The van der Waals surface area contributed by atoms with Crippen molar-refractivity contribution in [2.75, 3.05) is 0 Å². The summed E-state index contributed by atoms with van der Waals surface area (Å²) in [6.45, 7) is 0. The fraction of sp³-hybridized carbons (Fsp3) is 0.500. The quantitative estimate of drug-likeness (QED) is 0.303. The third-order valence-corrected chi connectivity index (χ3v) is 0.949. The van der Waals surface area contributed by atoms with Gasteiger partial charge in [0, 0.05) is 24.8 Å². The molecule has 0 saturated heterocycles. The molecule has 0 heterocycles. The molecule has 7 heteroatoms. The van der Waals surface area contributed by atoms with Crippen molar-refractivity contribution in [3.05, 3.63) is 0 Å². The van der Waals surface area contributed by atoms with Crippen molar-refractivity contribution in [3.8, 4) is 0 Å². The fourth-order valence-corrected chi connectivity index (χ4v) is 0.491. The van der Waals surface area contributed by atoms with E-state index >= 15 is 0 Å². The monoisotopic (exact) mass is 172 g/mol. The topological polar surface area (TPSA) is 97.3 Å². The molecule has 0 fully saturated rings. The van der Waals surface area contributed by atoms with Gasteiger partial charge in [-0.25, -0.2) is 0 Å². The SMILES string of the molecule is O=C([O-])CCC(=O)CC(=O)[O-].[Li+].[Li+]. The van der Waals surface area contributed by atoms with E-state index in [4.69, 9.17) is 0 Å². The first kappa shape index (κ1) is 18.6. The summed E-state index contributed by atoms with van der Waals surface area (Å²) in [6.07, 6.45) is -1.48. The van der Waals surface area contributed by atoms with E-state index in [1.807, 2.05) is 0 Å². The van der Waals surface area contributed by atoms with Gasteiger partial charge in [0.2, 0.25) is 0 Å². The van der Waals surface area contributed by atoms with Gasteiger partial charge < -0.3 is 19.8 Å². The van der Waals surface area contributed by atoms with Gasteiger partial charge in [0.1, 0.15) is 5.78 Å². The van der Waals surface area contributed by atoms with Crippen LogP contribution in [0.2, 0.25) is 0 Å². The van der Waals surface area contributed by atoms with Gasteiger partial charge in [-0.2, -0.15) is 0 Å². The van der Waals surface area contributed by atoms with Crippen LogP contribution in [-0.4, -0.2) is 17.7 Å². The molecule has 5 nitrogen and oxygen atoms in total. The van der Waals surface area contributed by atoms with Crippen LogP contribution < -0.4 is 47.9 Å². The summed E-state index contributed by atoms with van der Waals surface area (Å²) in [4.78, 5) is 30.0. The summed E-state index contributed by atoms with van der Waals surface area (Å²) >= 11 is 0. The van der Waals surface area contributed by atoms with Crippen LogP contribution in [0.15, 0.2) is 0 Å². The predicted molar refractivity (Wildman–Crippen MR) is 28.9 cm³/mol. The molecule has 0 aromatic carbocycles. The van der Waals surface area contributed by atoms with Gasteiger partial charge in [0.15, 0.2) is 0 Å². The zero-order valence-corrected chi connectivity index (χ0v) is 7.66. The maximum Gasteiger partial charge on any atom is 1.00 e. The number of Topliss-reactive ketones (excluding diaryl/α,β-unsaturated/α-hetero) is 1. The van der Waals surface area contributed by atoms with E-state index in [0.717, 1.165) is 0 Å². The third-order valence-electron chi connectivity index (χ3n) is 0.949. The number of aliphatic carboxylic acids is 2. The van der Waals surface area contributed by atoms with E-state index in [0.29, 0.717) is 0 Å². The molecule has 0 aromatic rings. The maximum atomic E-state index is 10.4. The average Bonchev–Trinajstić information content (AvgIpc) is 1.82. The molecule has 0 unspecified atom stereocenters. The van der Waals surface area contributed by atoms with Gasteiger partial charge in [-0.3, -0.25) is 4.79 Å². The largest absolute Gasteiger partial charge is 1.00 e. The Hall–Kier alpha value is -0.195. The summed E-state index contributed by atoms with van der Waals surface area (Å²) in [6, 6.07) is 0. The van der Waals surface area contributed by atoms with Gasteiger partial charge in [-0.15, -0.1) is 0 Å². The van der Waals surface area contributed by atoms with Crippen LogP contribution in [0, 0.1) is 0 Å². The molecule has 0 bridgehead atoms. The summed E-state index contributed by atoms with van der Waals surface area (Å²) < 4.78 is 0. The molecule has 0 aliphatic rings. The minimum absolute atomic E-state index is 0. The van der Waals surface area contributed by atoms with Gasteiger partial charge in [-0.05, 0) is 6.42 Å². The third kappa shape index (κ3) is 14.6. The first-order valence-electron chi connectivity index (χ1n) is 2.93. The second-order valence-electron chi connectivity index (χ2n) is 1.96. The molecule has 0 aliphatic carbocycles. The van der Waals surface area contributed by atoms with Gasteiger partial charge in [0.05, 0.1) is 0 Å². The molecule has 0 aromatic heterocycles. The summed E-state index contributed by atoms with van der Waals surface area (Å²) in [5, 5.41) is 19.5. The Labute approximate surface area is 99.2 Å². The Morgan fingerprint density at radius 3 is 1.62 bits per heavy atom. The van der Waals surface area contributed by atoms with E-state index in [1.54, 1.807) is 0 Å². The van der Waals surface area contributed by atoms with Crippen LogP contribution in [0.5, 0.6) is 0 Å². The molecule has 13 heavy (non-hydrogen) atoms. The average molecular weight is 172 g/mol. The zero-order valence-electron chi connectivity index (χ0n) is 7.66. The molecule has 0 spiro atoms. The Balaban J connectivity index is -0.000000500. The maximum absolute atomic E-state index is 10.4. The predicted octanol–water partition coefficient (Wildman–Crippen LogP) is -8.77. The Morgan fingerprint density at radius 1 is 0.846 bits per heavy atom. The number of ketones is 1. The van der Waals surface area contributed by atoms with Crippen LogP contribution in [0.4, 0.5) is 0 Å². The van der Waals surface area contributed by atoms with Gasteiger partial charge in [0.25, 0.3) is 0 Å². The van der Waals surface area contributed by atoms with Crippen molar-refractivity contribution in [1.29, 1.82) is 0 Å². The van der Waals surface area contributed by atoms with E-state index in [9.17, 15) is 24.6 Å². The summed E-state index contributed by atoms with van der Waals surface area (Å²) in [5.41, 5.74) is 0. The molecule has 0 aliphatic heterocycles. The number of hydrogen-bond acceptors (Lipinski definition) is 5. The molecule has 0 rings (SSSR count). The summed E-state index contributed by atoms with van der Waals surface area (Å²) in [5.74, 6) is -3.51. The van der Waals surface area contributed by atoms with Crippen molar-refractivity contribution in [3.63, 3.8) is 0 Å². The van der Waals surface area contributed by atoms with Crippen molar-refractivity contribution in [1.82, 2.24) is 0 Å². The van der Waals surface area contributed by atoms with Crippen LogP contribution >= 0.6 is 0 Å². The molecule has 0 saturated carbocycles. The minimum Gasteiger partial charge on any atom is -0.550 e. The summed E-state index contributed by atoms with van der Waals surface area (Å²) in [7, 11) is 0. The van der Waals surface area contributed by atoms with Crippen LogP contribution in [0.1, 0.15) is 19.3 Å². The van der Waals surface area contributed by atoms with Crippen LogP contribution in [-0.2, 0) is 14.4 Å². The second kappa shape index (κ2) is 9.89. The standard InChI is InChI=1S/C6H8O5.2Li/c7-4(3-6(10)11)1-2-5(8)9;;/h1-3H2,(H,8,9)(H,10,11);;/q;2*+1/p-2. The zero-order chi connectivity index (χ0) is 8.85. The Morgan fingerprint density at radius 2 is 1.31 bits per heavy atom. The minimum atomic E-state index is -1.49. The number of carboxylic acid groups (broad SMARTS) is 2. The van der Waals surface area contributed by atoms with Crippen molar-refractivity contribution >= 4 is 17.7 Å². The van der Waals surface area contributed by atoms with Crippen molar-refractivity contribution in [2.45, 2.75) is 19.3 Å². The van der Waals surface area contributed by atoms with Crippen LogP contribution in [0.25, 0.3) is 0 Å². The van der Waals surface area contributed by atoms with E-state index in [-0.39, 0.29) is 44.1 Å². The molecule has 0 amide bonds. The molecule has 0 N–H and O–H groups in total. The molecule has 62 valence electrons. The van der Waals surface area contributed by atoms with E-state index in [2.05, 4.69) is 0 Å². The second-order valence-corrected chi connectivity index (χ2v) is 1.96. The van der Waals surface area contributed by atoms with E-state index < -0.39 is 30.6 Å². The first-order valence-corrected chi connectivity index (χ1v) is 2.93. The number of carboxylic acids is 2. The molecular formula is C6H6Li2O5. The number of carbonyl (C=O) groups excluding carboxylic acids is 3. The molecular weight excluding hydrogens is 166 g/mol. The van der Waals surface area contributed by atoms with Crippen molar-refractivity contribution < 1.29 is 62.3 Å². The number of rotatable bonds is 5. The van der Waals surface area contributed by atoms with Crippen LogP contribution in [0.3, 0.4) is 0 Å². The van der Waals surface area contributed by atoms with E-state index in [1.165, 1.54) is 0 Å². The normalized spacial score (nSPS) is 7.69.